The van der Waals surface area contributed by atoms with Gasteiger partial charge in [0.25, 0.3) is 0 Å². The number of ether oxygens (including phenoxy) is 1. The van der Waals surface area contributed by atoms with Crippen LogP contribution in [0.2, 0.25) is 5.02 Å². The second-order valence-corrected chi connectivity index (χ2v) is 4.85. The van der Waals surface area contributed by atoms with Gasteiger partial charge in [-0.2, -0.15) is 0 Å². The van der Waals surface area contributed by atoms with E-state index in [1.165, 1.54) is 12.1 Å². The van der Waals surface area contributed by atoms with Crippen LogP contribution in [0, 0.1) is 0 Å². The molecule has 108 valence electrons. The van der Waals surface area contributed by atoms with Crippen molar-refractivity contribution in [3.05, 3.63) is 64.2 Å². The SMILES string of the molecule is NC(=O)c1ccc(COC(=O)c2cc(N)cc(Cl)c2)cc1. The van der Waals surface area contributed by atoms with Crippen molar-refractivity contribution in [3.63, 3.8) is 0 Å². The van der Waals surface area contributed by atoms with Gasteiger partial charge in [0.2, 0.25) is 5.91 Å². The predicted octanol–water partition coefficient (Wildman–Crippen LogP) is 2.38. The lowest BCUT2D eigenvalue weighted by molar-refractivity contribution is 0.0472. The van der Waals surface area contributed by atoms with Crippen molar-refractivity contribution in [2.75, 3.05) is 5.73 Å². The lowest BCUT2D eigenvalue weighted by Gasteiger charge is -2.06. The Morgan fingerprint density at radius 2 is 1.71 bits per heavy atom. The third-order valence-corrected chi connectivity index (χ3v) is 2.98. The lowest BCUT2D eigenvalue weighted by atomic mass is 10.1. The molecule has 5 nitrogen and oxygen atoms in total. The van der Waals surface area contributed by atoms with Gasteiger partial charge in [-0.1, -0.05) is 23.7 Å². The first-order valence-corrected chi connectivity index (χ1v) is 6.45. The van der Waals surface area contributed by atoms with Gasteiger partial charge in [0.1, 0.15) is 6.61 Å². The summed E-state index contributed by atoms with van der Waals surface area (Å²) in [4.78, 5) is 22.8. The van der Waals surface area contributed by atoms with Gasteiger partial charge in [-0.15, -0.1) is 0 Å². The number of esters is 1. The van der Waals surface area contributed by atoms with E-state index in [1.807, 2.05) is 0 Å². The number of amides is 1. The highest BCUT2D eigenvalue weighted by Crippen LogP contribution is 2.18. The maximum absolute atomic E-state index is 11.9. The molecular weight excluding hydrogens is 292 g/mol. The summed E-state index contributed by atoms with van der Waals surface area (Å²) in [6.45, 7) is 0.0737. The van der Waals surface area contributed by atoms with Gasteiger partial charge < -0.3 is 16.2 Å². The molecule has 4 N–H and O–H groups in total. The van der Waals surface area contributed by atoms with Crippen LogP contribution in [-0.2, 0) is 11.3 Å². The molecule has 2 aromatic rings. The minimum atomic E-state index is -0.525. The van der Waals surface area contributed by atoms with Crippen LogP contribution in [0.25, 0.3) is 0 Å². The number of halogens is 1. The van der Waals surface area contributed by atoms with Crippen molar-refractivity contribution in [2.24, 2.45) is 5.73 Å². The topological polar surface area (TPSA) is 95.4 Å². The van der Waals surface area contributed by atoms with E-state index in [9.17, 15) is 9.59 Å². The van der Waals surface area contributed by atoms with Gasteiger partial charge >= 0.3 is 5.97 Å². The van der Waals surface area contributed by atoms with Crippen molar-refractivity contribution in [2.45, 2.75) is 6.61 Å². The Morgan fingerprint density at radius 1 is 1.05 bits per heavy atom. The minimum Gasteiger partial charge on any atom is -0.457 e. The molecule has 0 aliphatic rings. The summed E-state index contributed by atoms with van der Waals surface area (Å²) in [6.07, 6.45) is 0. The van der Waals surface area contributed by atoms with Gasteiger partial charge in [-0.25, -0.2) is 4.79 Å². The number of hydrogen-bond donors (Lipinski definition) is 2. The maximum Gasteiger partial charge on any atom is 0.338 e. The highest BCUT2D eigenvalue weighted by atomic mass is 35.5. The van der Waals surface area contributed by atoms with Crippen molar-refractivity contribution in [1.29, 1.82) is 0 Å². The number of carbonyl (C=O) groups excluding carboxylic acids is 2. The second kappa shape index (κ2) is 6.28. The zero-order valence-electron chi connectivity index (χ0n) is 11.0. The van der Waals surface area contributed by atoms with Crippen LogP contribution >= 0.6 is 11.6 Å². The summed E-state index contributed by atoms with van der Waals surface area (Å²) in [6, 6.07) is 11.0. The van der Waals surface area contributed by atoms with E-state index in [1.54, 1.807) is 30.3 Å². The Labute approximate surface area is 126 Å². The normalized spacial score (nSPS) is 10.1. The molecule has 21 heavy (non-hydrogen) atoms. The summed E-state index contributed by atoms with van der Waals surface area (Å²) in [5.74, 6) is -1.03. The Balaban J connectivity index is 2.02. The Morgan fingerprint density at radius 3 is 2.29 bits per heavy atom. The smallest absolute Gasteiger partial charge is 0.338 e. The predicted molar refractivity (Wildman–Crippen MR) is 79.9 cm³/mol. The molecule has 0 spiro atoms. The number of primary amides is 1. The standard InChI is InChI=1S/C15H13ClN2O3/c16-12-5-11(6-13(17)7-12)15(20)21-8-9-1-3-10(4-2-9)14(18)19/h1-7H,8,17H2,(H2,18,19). The molecule has 0 saturated heterocycles. The number of hydrogen-bond acceptors (Lipinski definition) is 4. The van der Waals surface area contributed by atoms with E-state index in [2.05, 4.69) is 0 Å². The summed E-state index contributed by atoms with van der Waals surface area (Å²) < 4.78 is 5.16. The van der Waals surface area contributed by atoms with Gasteiger partial charge in [0.15, 0.2) is 0 Å². The quantitative estimate of drug-likeness (QED) is 0.669. The highest BCUT2D eigenvalue weighted by Gasteiger charge is 2.09. The van der Waals surface area contributed by atoms with E-state index in [-0.39, 0.29) is 12.2 Å². The fraction of sp³-hybridized carbons (Fsp3) is 0.0667. The monoisotopic (exact) mass is 304 g/mol. The molecule has 0 heterocycles. The lowest BCUT2D eigenvalue weighted by Crippen LogP contribution is -2.11. The first-order valence-electron chi connectivity index (χ1n) is 6.07. The number of carbonyl (C=O) groups is 2. The number of benzene rings is 2. The molecule has 0 saturated carbocycles. The number of anilines is 1. The van der Waals surface area contributed by atoms with Crippen molar-refractivity contribution < 1.29 is 14.3 Å². The van der Waals surface area contributed by atoms with Crippen molar-refractivity contribution >= 4 is 29.2 Å². The second-order valence-electron chi connectivity index (χ2n) is 4.41. The summed E-state index contributed by atoms with van der Waals surface area (Å²) in [5, 5.41) is 0.368. The van der Waals surface area contributed by atoms with Crippen molar-refractivity contribution in [1.82, 2.24) is 0 Å². The molecule has 0 atom stereocenters. The molecule has 1 amide bonds. The molecule has 0 aliphatic heterocycles. The fourth-order valence-corrected chi connectivity index (χ4v) is 1.97. The van der Waals surface area contributed by atoms with E-state index in [0.717, 1.165) is 5.56 Å². The zero-order chi connectivity index (χ0) is 15.4. The minimum absolute atomic E-state index is 0.0737. The van der Waals surface area contributed by atoms with Crippen LogP contribution in [0.3, 0.4) is 0 Å². The molecule has 2 aromatic carbocycles. The van der Waals surface area contributed by atoms with Crippen LogP contribution in [0.4, 0.5) is 5.69 Å². The number of nitrogen functional groups attached to an aromatic ring is 1. The van der Waals surface area contributed by atoms with Gasteiger partial charge in [0, 0.05) is 16.3 Å². The largest absolute Gasteiger partial charge is 0.457 e. The van der Waals surface area contributed by atoms with E-state index >= 15 is 0 Å². The Hall–Kier alpha value is -2.53. The van der Waals surface area contributed by atoms with E-state index in [0.29, 0.717) is 16.3 Å². The van der Waals surface area contributed by atoms with Crippen LogP contribution < -0.4 is 11.5 Å². The zero-order valence-corrected chi connectivity index (χ0v) is 11.8. The average Bonchev–Trinajstić information content (AvgIpc) is 2.44. The molecule has 0 aromatic heterocycles. The first kappa shape index (κ1) is 14.9. The fourth-order valence-electron chi connectivity index (χ4n) is 1.73. The number of nitrogens with two attached hydrogens (primary N) is 2. The van der Waals surface area contributed by atoms with Gasteiger partial charge in [-0.05, 0) is 35.9 Å². The molecule has 0 unspecified atom stereocenters. The highest BCUT2D eigenvalue weighted by molar-refractivity contribution is 6.31. The average molecular weight is 305 g/mol. The van der Waals surface area contributed by atoms with Crippen LogP contribution in [0.15, 0.2) is 42.5 Å². The molecule has 2 rings (SSSR count). The van der Waals surface area contributed by atoms with E-state index < -0.39 is 11.9 Å². The molecule has 0 aliphatic carbocycles. The summed E-state index contributed by atoms with van der Waals surface area (Å²) >= 11 is 5.83. The molecule has 0 bridgehead atoms. The first-order chi connectivity index (χ1) is 9.95. The Kier molecular flexibility index (Phi) is 4.45. The Bertz CT molecular complexity index is 664. The van der Waals surface area contributed by atoms with Crippen LogP contribution in [-0.4, -0.2) is 11.9 Å². The van der Waals surface area contributed by atoms with E-state index in [4.69, 9.17) is 27.8 Å². The summed E-state index contributed by atoms with van der Waals surface area (Å²) in [7, 11) is 0. The molecule has 6 heteroatoms. The van der Waals surface area contributed by atoms with Crippen LogP contribution in [0.5, 0.6) is 0 Å². The van der Waals surface area contributed by atoms with Crippen LogP contribution in [0.1, 0.15) is 26.3 Å². The molecule has 0 fully saturated rings. The maximum atomic E-state index is 11.9. The van der Waals surface area contributed by atoms with Gasteiger partial charge in [0.05, 0.1) is 5.56 Å². The molecular formula is C15H13ClN2O3. The third kappa shape index (κ3) is 3.97. The molecule has 0 radical (unpaired) electrons. The number of rotatable bonds is 4. The van der Waals surface area contributed by atoms with Crippen molar-refractivity contribution in [3.8, 4) is 0 Å². The van der Waals surface area contributed by atoms with Gasteiger partial charge in [-0.3, -0.25) is 4.79 Å². The third-order valence-electron chi connectivity index (χ3n) is 2.76. The summed E-state index contributed by atoms with van der Waals surface area (Å²) in [5.41, 5.74) is 12.6.